The Morgan fingerprint density at radius 3 is 2.85 bits per heavy atom. The van der Waals surface area contributed by atoms with Crippen molar-refractivity contribution in [3.8, 4) is 11.3 Å². The minimum atomic E-state index is -0.242. The van der Waals surface area contributed by atoms with Gasteiger partial charge in [0.2, 0.25) is 0 Å². The van der Waals surface area contributed by atoms with E-state index in [0.717, 1.165) is 24.1 Å². The van der Waals surface area contributed by atoms with Gasteiger partial charge in [0.25, 0.3) is 11.7 Å². The summed E-state index contributed by atoms with van der Waals surface area (Å²) < 4.78 is 3.32. The summed E-state index contributed by atoms with van der Waals surface area (Å²) in [6, 6.07) is 11.4. The highest BCUT2D eigenvalue weighted by Crippen LogP contribution is 2.18. The zero-order valence-electron chi connectivity index (χ0n) is 14.9. The number of amides is 1. The van der Waals surface area contributed by atoms with Gasteiger partial charge in [0.15, 0.2) is 0 Å². The molecule has 4 aromatic rings. The Labute approximate surface area is 155 Å². The van der Waals surface area contributed by atoms with E-state index in [9.17, 15) is 4.79 Å². The lowest BCUT2D eigenvalue weighted by Crippen LogP contribution is -2.25. The Hall–Kier alpha value is -3.55. The molecule has 1 aromatic carbocycles. The van der Waals surface area contributed by atoms with Gasteiger partial charge in [0.05, 0.1) is 11.9 Å². The van der Waals surface area contributed by atoms with Gasteiger partial charge in [-0.05, 0) is 12.5 Å². The van der Waals surface area contributed by atoms with Gasteiger partial charge >= 0.3 is 0 Å². The molecule has 0 atom stereocenters. The van der Waals surface area contributed by atoms with Crippen LogP contribution in [0.5, 0.6) is 0 Å². The zero-order chi connectivity index (χ0) is 18.6. The SMILES string of the molecule is CCCn1cc(CNC(=O)c2cc(-c3ccccc3)nc3ncnn23)cn1. The Kier molecular flexibility index (Phi) is 4.61. The molecule has 0 aliphatic rings. The van der Waals surface area contributed by atoms with Crippen LogP contribution < -0.4 is 5.32 Å². The van der Waals surface area contributed by atoms with Gasteiger partial charge in [-0.15, -0.1) is 0 Å². The highest BCUT2D eigenvalue weighted by Gasteiger charge is 2.15. The molecular weight excluding hydrogens is 342 g/mol. The number of hydrogen-bond donors (Lipinski definition) is 1. The molecule has 0 spiro atoms. The Morgan fingerprint density at radius 2 is 2.04 bits per heavy atom. The van der Waals surface area contributed by atoms with Crippen molar-refractivity contribution in [1.29, 1.82) is 0 Å². The van der Waals surface area contributed by atoms with E-state index in [-0.39, 0.29) is 5.91 Å². The molecule has 0 unspecified atom stereocenters. The Bertz CT molecular complexity index is 1070. The van der Waals surface area contributed by atoms with Crippen LogP contribution in [0, 0.1) is 0 Å². The molecule has 4 rings (SSSR count). The van der Waals surface area contributed by atoms with Gasteiger partial charge in [0.1, 0.15) is 12.0 Å². The number of aromatic nitrogens is 6. The van der Waals surface area contributed by atoms with Crippen molar-refractivity contribution in [2.75, 3.05) is 0 Å². The monoisotopic (exact) mass is 361 g/mol. The van der Waals surface area contributed by atoms with Gasteiger partial charge in [-0.1, -0.05) is 37.3 Å². The van der Waals surface area contributed by atoms with Crippen molar-refractivity contribution in [3.63, 3.8) is 0 Å². The van der Waals surface area contributed by atoms with Gasteiger partial charge in [0, 0.05) is 30.4 Å². The van der Waals surface area contributed by atoms with E-state index in [1.54, 1.807) is 12.3 Å². The molecule has 1 N–H and O–H groups in total. The molecule has 0 saturated heterocycles. The van der Waals surface area contributed by atoms with Crippen LogP contribution >= 0.6 is 0 Å². The predicted octanol–water partition coefficient (Wildman–Crippen LogP) is 2.33. The molecule has 0 aliphatic carbocycles. The maximum absolute atomic E-state index is 12.8. The van der Waals surface area contributed by atoms with Crippen molar-refractivity contribution in [2.45, 2.75) is 26.4 Å². The minimum Gasteiger partial charge on any atom is -0.347 e. The van der Waals surface area contributed by atoms with E-state index in [1.807, 2.05) is 41.2 Å². The largest absolute Gasteiger partial charge is 0.347 e. The highest BCUT2D eigenvalue weighted by atomic mass is 16.2. The second-order valence-electron chi connectivity index (χ2n) is 6.16. The molecule has 0 radical (unpaired) electrons. The van der Waals surface area contributed by atoms with Crippen LogP contribution in [0.4, 0.5) is 0 Å². The predicted molar refractivity (Wildman–Crippen MR) is 99.9 cm³/mol. The van der Waals surface area contributed by atoms with Crippen LogP contribution in [0.25, 0.3) is 17.0 Å². The van der Waals surface area contributed by atoms with Gasteiger partial charge in [-0.25, -0.2) is 4.98 Å². The van der Waals surface area contributed by atoms with Gasteiger partial charge in [-0.3, -0.25) is 9.48 Å². The third kappa shape index (κ3) is 3.55. The second kappa shape index (κ2) is 7.36. The second-order valence-corrected chi connectivity index (χ2v) is 6.16. The molecule has 8 heteroatoms. The van der Waals surface area contributed by atoms with E-state index in [2.05, 4.69) is 32.4 Å². The van der Waals surface area contributed by atoms with Crippen LogP contribution in [0.3, 0.4) is 0 Å². The summed E-state index contributed by atoms with van der Waals surface area (Å²) >= 11 is 0. The molecule has 0 aliphatic heterocycles. The molecule has 27 heavy (non-hydrogen) atoms. The maximum atomic E-state index is 12.8. The number of carbonyl (C=O) groups excluding carboxylic acids is 1. The zero-order valence-corrected chi connectivity index (χ0v) is 14.9. The van der Waals surface area contributed by atoms with Crippen LogP contribution in [-0.2, 0) is 13.1 Å². The average Bonchev–Trinajstić information content (AvgIpc) is 3.35. The summed E-state index contributed by atoms with van der Waals surface area (Å²) in [7, 11) is 0. The first kappa shape index (κ1) is 16.9. The summed E-state index contributed by atoms with van der Waals surface area (Å²) in [6.07, 6.45) is 6.11. The van der Waals surface area contributed by atoms with E-state index >= 15 is 0 Å². The van der Waals surface area contributed by atoms with Crippen molar-refractivity contribution >= 4 is 11.7 Å². The molecule has 1 amide bonds. The van der Waals surface area contributed by atoms with Crippen molar-refractivity contribution in [3.05, 3.63) is 66.4 Å². The fourth-order valence-corrected chi connectivity index (χ4v) is 2.85. The molecular formula is C19H19N7O. The summed E-state index contributed by atoms with van der Waals surface area (Å²) in [5, 5.41) is 11.3. The molecule has 0 bridgehead atoms. The summed E-state index contributed by atoms with van der Waals surface area (Å²) in [6.45, 7) is 3.35. The number of nitrogens with one attached hydrogen (secondary N) is 1. The molecule has 0 fully saturated rings. The number of aryl methyl sites for hydroxylation is 1. The van der Waals surface area contributed by atoms with Gasteiger partial charge in [-0.2, -0.15) is 19.7 Å². The first-order valence-corrected chi connectivity index (χ1v) is 8.80. The number of benzene rings is 1. The number of hydrogen-bond acceptors (Lipinski definition) is 5. The van der Waals surface area contributed by atoms with Crippen molar-refractivity contribution in [2.24, 2.45) is 0 Å². The minimum absolute atomic E-state index is 0.242. The normalized spacial score (nSPS) is 11.0. The third-order valence-corrected chi connectivity index (χ3v) is 4.15. The standard InChI is InChI=1S/C19H19N7O/c1-2-8-25-12-14(11-22-25)10-20-18(27)17-9-16(15-6-4-3-5-7-15)24-19-21-13-23-26(17)19/h3-7,9,11-13H,2,8,10H2,1H3,(H,20,27). The number of fused-ring (bicyclic) bond motifs is 1. The lowest BCUT2D eigenvalue weighted by molar-refractivity contribution is 0.0943. The fourth-order valence-electron chi connectivity index (χ4n) is 2.85. The average molecular weight is 361 g/mol. The third-order valence-electron chi connectivity index (χ3n) is 4.15. The van der Waals surface area contributed by atoms with Crippen LogP contribution in [0.1, 0.15) is 29.4 Å². The fraction of sp³-hybridized carbons (Fsp3) is 0.211. The Balaban J connectivity index is 1.59. The van der Waals surface area contributed by atoms with Crippen LogP contribution in [0.2, 0.25) is 0 Å². The summed E-state index contributed by atoms with van der Waals surface area (Å²) in [4.78, 5) is 21.4. The van der Waals surface area contributed by atoms with Crippen LogP contribution in [-0.4, -0.2) is 35.3 Å². The molecule has 0 saturated carbocycles. The van der Waals surface area contributed by atoms with Crippen molar-refractivity contribution in [1.82, 2.24) is 34.7 Å². The number of carbonyl (C=O) groups is 1. The molecule has 136 valence electrons. The van der Waals surface area contributed by atoms with E-state index in [1.165, 1.54) is 10.8 Å². The topological polar surface area (TPSA) is 90.0 Å². The lowest BCUT2D eigenvalue weighted by Gasteiger charge is -2.08. The quantitative estimate of drug-likeness (QED) is 0.569. The Morgan fingerprint density at radius 1 is 1.19 bits per heavy atom. The summed E-state index contributed by atoms with van der Waals surface area (Å²) in [5.74, 6) is 0.144. The highest BCUT2D eigenvalue weighted by molar-refractivity contribution is 5.94. The molecule has 8 nitrogen and oxygen atoms in total. The maximum Gasteiger partial charge on any atom is 0.270 e. The smallest absolute Gasteiger partial charge is 0.270 e. The molecule has 3 heterocycles. The molecule has 3 aromatic heterocycles. The first-order valence-electron chi connectivity index (χ1n) is 8.80. The van der Waals surface area contributed by atoms with Gasteiger partial charge < -0.3 is 5.32 Å². The van der Waals surface area contributed by atoms with Crippen LogP contribution in [0.15, 0.2) is 55.1 Å². The number of nitrogens with zero attached hydrogens (tertiary/aromatic N) is 6. The summed E-state index contributed by atoms with van der Waals surface area (Å²) in [5.41, 5.74) is 2.93. The van der Waals surface area contributed by atoms with Crippen molar-refractivity contribution < 1.29 is 4.79 Å². The van der Waals surface area contributed by atoms with E-state index in [4.69, 9.17) is 0 Å². The first-order chi connectivity index (χ1) is 13.2. The lowest BCUT2D eigenvalue weighted by atomic mass is 10.1. The van der Waals surface area contributed by atoms with E-state index < -0.39 is 0 Å². The number of rotatable bonds is 6. The van der Waals surface area contributed by atoms with E-state index in [0.29, 0.717) is 23.7 Å².